The fourth-order valence-corrected chi connectivity index (χ4v) is 4.94. The standard InChI is InChI=1S/C18H30N4OS2/c1-3-7-22-16-5-4-14(19-6-10-24-2)13-15(16)17(20-22)18(23)21-8-11-25-12-9-21/h14,19H,3-13H2,1-2H3. The lowest BCUT2D eigenvalue weighted by Gasteiger charge is -2.27. The highest BCUT2D eigenvalue weighted by atomic mass is 32.2. The van der Waals surface area contributed by atoms with Crippen molar-refractivity contribution in [3.05, 3.63) is 17.0 Å². The van der Waals surface area contributed by atoms with Crippen molar-refractivity contribution < 1.29 is 4.79 Å². The number of aryl methyl sites for hydroxylation is 1. The van der Waals surface area contributed by atoms with Crippen LogP contribution < -0.4 is 5.32 Å². The van der Waals surface area contributed by atoms with Gasteiger partial charge in [-0.2, -0.15) is 28.6 Å². The van der Waals surface area contributed by atoms with Crippen molar-refractivity contribution in [2.45, 2.75) is 45.2 Å². The summed E-state index contributed by atoms with van der Waals surface area (Å²) in [5, 5.41) is 8.44. The number of amides is 1. The Morgan fingerprint density at radius 1 is 1.40 bits per heavy atom. The lowest BCUT2D eigenvalue weighted by molar-refractivity contribution is 0.0764. The minimum atomic E-state index is 0.149. The normalized spacial score (nSPS) is 20.6. The van der Waals surface area contributed by atoms with Crippen LogP contribution in [-0.2, 0) is 19.4 Å². The topological polar surface area (TPSA) is 50.2 Å². The molecule has 1 amide bonds. The molecule has 1 aliphatic heterocycles. The predicted octanol–water partition coefficient (Wildman–Crippen LogP) is 2.29. The number of carbonyl (C=O) groups is 1. The minimum Gasteiger partial charge on any atom is -0.336 e. The number of aromatic nitrogens is 2. The summed E-state index contributed by atoms with van der Waals surface area (Å²) < 4.78 is 2.11. The number of fused-ring (bicyclic) bond motifs is 1. The molecule has 1 aliphatic carbocycles. The van der Waals surface area contributed by atoms with E-state index < -0.39 is 0 Å². The molecule has 5 nitrogen and oxygen atoms in total. The molecule has 0 aromatic carbocycles. The Balaban J connectivity index is 1.79. The average molecular weight is 383 g/mol. The first kappa shape index (κ1) is 19.1. The van der Waals surface area contributed by atoms with Crippen molar-refractivity contribution in [1.29, 1.82) is 0 Å². The van der Waals surface area contributed by atoms with Crippen LogP contribution in [0.1, 0.15) is 41.5 Å². The second-order valence-corrected chi connectivity index (χ2v) is 9.00. The molecule has 1 unspecified atom stereocenters. The second-order valence-electron chi connectivity index (χ2n) is 6.79. The van der Waals surface area contributed by atoms with Crippen LogP contribution in [0.3, 0.4) is 0 Å². The fourth-order valence-electron chi connectivity index (χ4n) is 3.71. The van der Waals surface area contributed by atoms with Gasteiger partial charge in [0.1, 0.15) is 0 Å². The molecule has 0 spiro atoms. The van der Waals surface area contributed by atoms with Crippen LogP contribution >= 0.6 is 23.5 Å². The van der Waals surface area contributed by atoms with Gasteiger partial charge in [-0.05, 0) is 31.9 Å². The van der Waals surface area contributed by atoms with E-state index in [2.05, 4.69) is 23.2 Å². The molecular formula is C18H30N4OS2. The number of carbonyl (C=O) groups excluding carboxylic acids is 1. The van der Waals surface area contributed by atoms with Gasteiger partial charge in [0.15, 0.2) is 5.69 Å². The van der Waals surface area contributed by atoms with Crippen molar-refractivity contribution >= 4 is 29.4 Å². The maximum atomic E-state index is 13.1. The molecule has 3 rings (SSSR count). The summed E-state index contributed by atoms with van der Waals surface area (Å²) >= 11 is 3.81. The predicted molar refractivity (Wildman–Crippen MR) is 108 cm³/mol. The number of hydrogen-bond acceptors (Lipinski definition) is 5. The summed E-state index contributed by atoms with van der Waals surface area (Å²) in [5.74, 6) is 3.37. The zero-order valence-electron chi connectivity index (χ0n) is 15.4. The third kappa shape index (κ3) is 4.55. The van der Waals surface area contributed by atoms with Gasteiger partial charge in [0.2, 0.25) is 0 Å². The molecule has 0 saturated carbocycles. The Morgan fingerprint density at radius 3 is 2.92 bits per heavy atom. The SMILES string of the molecule is CCCn1nc(C(=O)N2CCSCC2)c2c1CCC(NCCSC)C2. The first-order valence-electron chi connectivity index (χ1n) is 9.42. The highest BCUT2D eigenvalue weighted by Gasteiger charge is 2.31. The molecule has 1 aromatic heterocycles. The molecule has 1 saturated heterocycles. The molecule has 0 bridgehead atoms. The maximum absolute atomic E-state index is 13.1. The van der Waals surface area contributed by atoms with E-state index in [9.17, 15) is 4.79 Å². The quantitative estimate of drug-likeness (QED) is 0.733. The molecule has 1 atom stereocenters. The van der Waals surface area contributed by atoms with Gasteiger partial charge in [0.05, 0.1) is 0 Å². The van der Waals surface area contributed by atoms with Crippen LogP contribution in [-0.4, -0.2) is 69.8 Å². The van der Waals surface area contributed by atoms with Gasteiger partial charge in [0.25, 0.3) is 5.91 Å². The summed E-state index contributed by atoms with van der Waals surface area (Å²) in [6.07, 6.45) is 6.31. The molecule has 140 valence electrons. The zero-order chi connectivity index (χ0) is 17.6. The number of nitrogens with one attached hydrogen (secondary N) is 1. The molecule has 2 aliphatic rings. The smallest absolute Gasteiger partial charge is 0.274 e. The van der Waals surface area contributed by atoms with Crippen molar-refractivity contribution in [2.75, 3.05) is 43.1 Å². The van der Waals surface area contributed by atoms with Crippen LogP contribution in [0.2, 0.25) is 0 Å². The Kier molecular flexibility index (Phi) is 7.13. The molecule has 7 heteroatoms. The number of hydrogen-bond donors (Lipinski definition) is 1. The summed E-state index contributed by atoms with van der Waals surface area (Å²) in [4.78, 5) is 15.1. The molecule has 1 aromatic rings. The minimum absolute atomic E-state index is 0.149. The van der Waals surface area contributed by atoms with E-state index in [1.165, 1.54) is 11.3 Å². The second kappa shape index (κ2) is 9.33. The number of rotatable bonds is 7. The van der Waals surface area contributed by atoms with Crippen LogP contribution in [0.5, 0.6) is 0 Å². The van der Waals surface area contributed by atoms with Crippen LogP contribution in [0.4, 0.5) is 0 Å². The first-order valence-corrected chi connectivity index (χ1v) is 12.0. The maximum Gasteiger partial charge on any atom is 0.274 e. The van der Waals surface area contributed by atoms with E-state index in [0.717, 1.165) is 74.8 Å². The number of nitrogens with zero attached hydrogens (tertiary/aromatic N) is 3. The largest absolute Gasteiger partial charge is 0.336 e. The molecule has 1 N–H and O–H groups in total. The van der Waals surface area contributed by atoms with E-state index in [1.54, 1.807) is 0 Å². The van der Waals surface area contributed by atoms with Gasteiger partial charge in [-0.15, -0.1) is 0 Å². The van der Waals surface area contributed by atoms with E-state index in [0.29, 0.717) is 6.04 Å². The van der Waals surface area contributed by atoms with Crippen molar-refractivity contribution in [2.24, 2.45) is 0 Å². The van der Waals surface area contributed by atoms with Crippen LogP contribution in [0.25, 0.3) is 0 Å². The van der Waals surface area contributed by atoms with E-state index >= 15 is 0 Å². The van der Waals surface area contributed by atoms with Gasteiger partial charge in [0, 0.05) is 60.7 Å². The Morgan fingerprint density at radius 2 is 2.20 bits per heavy atom. The molecule has 1 fully saturated rings. The van der Waals surface area contributed by atoms with Crippen LogP contribution in [0, 0.1) is 0 Å². The fraction of sp³-hybridized carbons (Fsp3) is 0.778. The highest BCUT2D eigenvalue weighted by molar-refractivity contribution is 7.99. The third-order valence-electron chi connectivity index (χ3n) is 5.02. The zero-order valence-corrected chi connectivity index (χ0v) is 17.1. The lowest BCUT2D eigenvalue weighted by atomic mass is 9.91. The molecule has 0 radical (unpaired) electrons. The summed E-state index contributed by atoms with van der Waals surface area (Å²) in [5.41, 5.74) is 3.25. The van der Waals surface area contributed by atoms with E-state index in [1.807, 2.05) is 28.4 Å². The van der Waals surface area contributed by atoms with Gasteiger partial charge in [-0.3, -0.25) is 9.48 Å². The molecule has 2 heterocycles. The lowest BCUT2D eigenvalue weighted by Crippen LogP contribution is -2.40. The van der Waals surface area contributed by atoms with Crippen molar-refractivity contribution in [3.8, 4) is 0 Å². The number of thioether (sulfide) groups is 2. The monoisotopic (exact) mass is 382 g/mol. The Hall–Kier alpha value is -0.660. The molecule has 25 heavy (non-hydrogen) atoms. The van der Waals surface area contributed by atoms with E-state index in [-0.39, 0.29) is 5.91 Å². The average Bonchev–Trinajstić information content (AvgIpc) is 3.00. The first-order chi connectivity index (χ1) is 12.2. The van der Waals surface area contributed by atoms with Gasteiger partial charge in [-0.1, -0.05) is 6.92 Å². The summed E-state index contributed by atoms with van der Waals surface area (Å²) in [6, 6.07) is 0.474. The van der Waals surface area contributed by atoms with Crippen molar-refractivity contribution in [3.63, 3.8) is 0 Å². The van der Waals surface area contributed by atoms with Gasteiger partial charge < -0.3 is 10.2 Å². The molecular weight excluding hydrogens is 352 g/mol. The van der Waals surface area contributed by atoms with Crippen LogP contribution in [0.15, 0.2) is 0 Å². The third-order valence-corrected chi connectivity index (χ3v) is 6.58. The highest BCUT2D eigenvalue weighted by Crippen LogP contribution is 2.27. The Bertz CT molecular complexity index is 584. The summed E-state index contributed by atoms with van der Waals surface area (Å²) in [7, 11) is 0. The Labute approximate surface area is 159 Å². The van der Waals surface area contributed by atoms with Gasteiger partial charge >= 0.3 is 0 Å². The van der Waals surface area contributed by atoms with E-state index in [4.69, 9.17) is 5.10 Å². The summed E-state index contributed by atoms with van der Waals surface area (Å²) in [6.45, 7) is 5.84. The van der Waals surface area contributed by atoms with Crippen molar-refractivity contribution in [1.82, 2.24) is 20.0 Å². The van der Waals surface area contributed by atoms with Gasteiger partial charge in [-0.25, -0.2) is 0 Å².